The van der Waals surface area contributed by atoms with Crippen molar-refractivity contribution in [2.45, 2.75) is 45.4 Å². The van der Waals surface area contributed by atoms with Crippen LogP contribution in [0.5, 0.6) is 0 Å². The third-order valence-electron chi connectivity index (χ3n) is 1.77. The molecule has 8 nitrogen and oxygen atoms in total. The number of unbranched alkanes of at least 4 members (excludes halogenated alkanes) is 5. The molecule has 0 bridgehead atoms. The lowest BCUT2D eigenvalue weighted by molar-refractivity contribution is -0.113. The Kier molecular flexibility index (Phi) is 16.2. The number of rotatable bonds is 8. The third-order valence-corrected chi connectivity index (χ3v) is 1.77. The quantitative estimate of drug-likeness (QED) is 0.389. The van der Waals surface area contributed by atoms with Gasteiger partial charge in [-0.15, -0.1) is 0 Å². The highest BCUT2D eigenvalue weighted by atomic mass is 17.0. The number of carboxylic acid groups (broad SMARTS) is 2. The van der Waals surface area contributed by atoms with E-state index in [-0.39, 0.29) is 0 Å². The lowest BCUT2D eigenvalue weighted by Gasteiger charge is -1.96. The average molecular weight is 267 g/mol. The molecule has 0 aromatic heterocycles. The molecule has 0 rings (SSSR count). The molecular formula is C10H21NO7. The van der Waals surface area contributed by atoms with Crippen molar-refractivity contribution in [3.63, 3.8) is 0 Å². The Balaban J connectivity index is 0. The van der Waals surface area contributed by atoms with Gasteiger partial charge in [0.05, 0.1) is 0 Å². The molecule has 0 radical (unpaired) electrons. The molecule has 0 aliphatic carbocycles. The average Bonchev–Trinajstić information content (AvgIpc) is 2.29. The van der Waals surface area contributed by atoms with Crippen molar-refractivity contribution in [1.82, 2.24) is 5.64 Å². The Labute approximate surface area is 105 Å². The number of aliphatic hydroxyl groups excluding tert-OH is 1. The van der Waals surface area contributed by atoms with Gasteiger partial charge >= 0.3 is 12.3 Å². The summed E-state index contributed by atoms with van der Waals surface area (Å²) < 4.78 is 0. The first kappa shape index (κ1) is 18.8. The minimum atomic E-state index is -1.68. The maximum atomic E-state index is 9.42. The van der Waals surface area contributed by atoms with Gasteiger partial charge < -0.3 is 25.0 Å². The molecule has 108 valence electrons. The van der Waals surface area contributed by atoms with E-state index in [2.05, 4.69) is 16.6 Å². The molecule has 0 aliphatic rings. The van der Waals surface area contributed by atoms with E-state index < -0.39 is 12.3 Å². The van der Waals surface area contributed by atoms with Crippen LogP contribution in [0.3, 0.4) is 0 Å². The lowest BCUT2D eigenvalue weighted by Crippen LogP contribution is -2.21. The highest BCUT2D eigenvalue weighted by molar-refractivity contribution is 5.57. The van der Waals surface area contributed by atoms with E-state index in [0.29, 0.717) is 6.61 Å². The summed E-state index contributed by atoms with van der Waals surface area (Å²) in [5.74, 6) is 0. The van der Waals surface area contributed by atoms with Crippen LogP contribution >= 0.6 is 0 Å². The van der Waals surface area contributed by atoms with Crippen LogP contribution in [0.25, 0.3) is 0 Å². The largest absolute Gasteiger partial charge is 0.527 e. The van der Waals surface area contributed by atoms with Gasteiger partial charge in [-0.05, 0) is 6.42 Å². The molecule has 0 unspecified atom stereocenters. The molecule has 0 spiro atoms. The zero-order chi connectivity index (χ0) is 14.2. The Bertz CT molecular complexity index is 190. The Morgan fingerprint density at radius 3 is 1.78 bits per heavy atom. The van der Waals surface area contributed by atoms with Gasteiger partial charge in [-0.2, -0.15) is 0 Å². The maximum Gasteiger partial charge on any atom is 0.527 e. The highest BCUT2D eigenvalue weighted by Gasteiger charge is 1.98. The number of aliphatic hydroxyl groups is 1. The predicted molar refractivity (Wildman–Crippen MR) is 61.8 cm³/mol. The zero-order valence-corrected chi connectivity index (χ0v) is 10.4. The number of hydrogen-bond acceptors (Lipinski definition) is 6. The molecule has 0 aromatic carbocycles. The first-order valence-corrected chi connectivity index (χ1v) is 5.70. The predicted octanol–water partition coefficient (Wildman–Crippen LogP) is 2.13. The van der Waals surface area contributed by atoms with Crippen LogP contribution in [0.1, 0.15) is 45.4 Å². The van der Waals surface area contributed by atoms with Gasteiger partial charge in [0.1, 0.15) is 0 Å². The molecule has 8 heteroatoms. The summed E-state index contributed by atoms with van der Waals surface area (Å²) in [7, 11) is 0. The monoisotopic (exact) mass is 267 g/mol. The van der Waals surface area contributed by atoms with Crippen LogP contribution in [0.15, 0.2) is 0 Å². The molecule has 0 saturated carbocycles. The maximum absolute atomic E-state index is 9.42. The van der Waals surface area contributed by atoms with Crippen molar-refractivity contribution in [2.75, 3.05) is 6.61 Å². The first-order chi connectivity index (χ1) is 8.54. The van der Waals surface area contributed by atoms with E-state index in [1.54, 1.807) is 0 Å². The normalized spacial score (nSPS) is 9.00. The van der Waals surface area contributed by atoms with Crippen LogP contribution in [0, 0.1) is 0 Å². The van der Waals surface area contributed by atoms with Crippen LogP contribution in [-0.4, -0.2) is 34.2 Å². The van der Waals surface area contributed by atoms with E-state index in [0.717, 1.165) is 6.42 Å². The van der Waals surface area contributed by atoms with E-state index >= 15 is 0 Å². The van der Waals surface area contributed by atoms with E-state index in [9.17, 15) is 9.59 Å². The van der Waals surface area contributed by atoms with Crippen molar-refractivity contribution < 1.29 is 34.6 Å². The molecule has 18 heavy (non-hydrogen) atoms. The fourth-order valence-electron chi connectivity index (χ4n) is 0.984. The summed E-state index contributed by atoms with van der Waals surface area (Å²) in [5.41, 5.74) is 1.19. The van der Waals surface area contributed by atoms with Gasteiger partial charge in [0, 0.05) is 12.3 Å². The van der Waals surface area contributed by atoms with Gasteiger partial charge in [-0.25, -0.2) is 9.59 Å². The van der Waals surface area contributed by atoms with Crippen molar-refractivity contribution in [3.05, 3.63) is 0 Å². The van der Waals surface area contributed by atoms with Gasteiger partial charge in [-0.3, -0.25) is 0 Å². The Hall–Kier alpha value is -1.54. The van der Waals surface area contributed by atoms with Crippen LogP contribution in [0.4, 0.5) is 9.59 Å². The SMILES string of the molecule is CCCCCCCCO.O=C(O)ONOC(=O)O. The summed E-state index contributed by atoms with van der Waals surface area (Å²) in [4.78, 5) is 25.7. The topological polar surface area (TPSA) is 125 Å². The molecular weight excluding hydrogens is 246 g/mol. The smallest absolute Gasteiger partial charge is 0.448 e. The van der Waals surface area contributed by atoms with Crippen molar-refractivity contribution in [1.29, 1.82) is 0 Å². The fraction of sp³-hybridized carbons (Fsp3) is 0.800. The zero-order valence-electron chi connectivity index (χ0n) is 10.4. The minimum Gasteiger partial charge on any atom is -0.448 e. The summed E-state index contributed by atoms with van der Waals surface area (Å²) in [6.07, 6.45) is 4.13. The summed E-state index contributed by atoms with van der Waals surface area (Å²) >= 11 is 0. The van der Waals surface area contributed by atoms with E-state index in [4.69, 9.17) is 15.3 Å². The second kappa shape index (κ2) is 15.5. The number of nitrogens with one attached hydrogen (secondary N) is 1. The van der Waals surface area contributed by atoms with Crippen LogP contribution in [0.2, 0.25) is 0 Å². The first-order valence-electron chi connectivity index (χ1n) is 5.70. The Morgan fingerprint density at radius 2 is 1.39 bits per heavy atom. The van der Waals surface area contributed by atoms with Crippen LogP contribution in [-0.2, 0) is 9.68 Å². The second-order valence-corrected chi connectivity index (χ2v) is 3.31. The Morgan fingerprint density at radius 1 is 0.944 bits per heavy atom. The fourth-order valence-corrected chi connectivity index (χ4v) is 0.984. The highest BCUT2D eigenvalue weighted by Crippen LogP contribution is 2.03. The van der Waals surface area contributed by atoms with Crippen molar-refractivity contribution in [3.8, 4) is 0 Å². The molecule has 0 aliphatic heterocycles. The third kappa shape index (κ3) is 23.9. The molecule has 0 fully saturated rings. The summed E-state index contributed by atoms with van der Waals surface area (Å²) in [6.45, 7) is 2.58. The molecule has 0 saturated heterocycles. The molecule has 0 heterocycles. The molecule has 0 atom stereocenters. The van der Waals surface area contributed by atoms with Gasteiger partial charge in [0.2, 0.25) is 0 Å². The van der Waals surface area contributed by atoms with E-state index in [1.165, 1.54) is 37.7 Å². The van der Waals surface area contributed by atoms with Crippen molar-refractivity contribution >= 4 is 12.3 Å². The van der Waals surface area contributed by atoms with E-state index in [1.807, 2.05) is 0 Å². The van der Waals surface area contributed by atoms with Gasteiger partial charge in [0.25, 0.3) is 0 Å². The number of carbonyl (C=O) groups is 2. The standard InChI is InChI=1S/C8H18O.C2H3NO6/c1-2-3-4-5-6-7-8-9;4-1(5)8-3-9-2(6)7/h9H,2-8H2,1H3;3H,(H,4,5)(H,6,7). The lowest BCUT2D eigenvalue weighted by atomic mass is 10.1. The number of hydrogen-bond donors (Lipinski definition) is 4. The summed E-state index contributed by atoms with van der Waals surface area (Å²) in [6, 6.07) is 0. The second-order valence-electron chi connectivity index (χ2n) is 3.31. The van der Waals surface area contributed by atoms with Crippen LogP contribution < -0.4 is 5.64 Å². The van der Waals surface area contributed by atoms with Gasteiger partial charge in [-0.1, -0.05) is 39.0 Å². The molecule has 4 N–H and O–H groups in total. The molecule has 0 aromatic rings. The summed E-state index contributed by atoms with van der Waals surface area (Å²) in [5, 5.41) is 23.8. The minimum absolute atomic E-state index is 0.367. The van der Waals surface area contributed by atoms with Crippen molar-refractivity contribution in [2.24, 2.45) is 0 Å². The molecule has 0 amide bonds. The van der Waals surface area contributed by atoms with Gasteiger partial charge in [0.15, 0.2) is 0 Å².